The third kappa shape index (κ3) is 8.03. The number of hydrogen-bond acceptors (Lipinski definition) is 14. The normalized spacial score (nSPS) is 19.4. The number of amides is 3. The monoisotopic (exact) mass is 708 g/mol. The zero-order valence-electron chi connectivity index (χ0n) is 25.7. The summed E-state index contributed by atoms with van der Waals surface area (Å²) < 4.78 is 44.1. The number of β-lactam (4-membered cyclic amide) rings is 1. The molecule has 21 heteroatoms. The van der Waals surface area contributed by atoms with Crippen molar-refractivity contribution in [2.24, 2.45) is 10.9 Å². The molecule has 0 bridgehead atoms. The van der Waals surface area contributed by atoms with Gasteiger partial charge in [-0.15, -0.1) is 11.3 Å². The van der Waals surface area contributed by atoms with Crippen molar-refractivity contribution in [2.75, 3.05) is 58.3 Å². The van der Waals surface area contributed by atoms with Gasteiger partial charge in [0.25, 0.3) is 11.8 Å². The average Bonchev–Trinajstić information content (AvgIpc) is 3.67. The van der Waals surface area contributed by atoms with Crippen LogP contribution in [0.4, 0.5) is 9.93 Å². The Hall–Kier alpha value is -4.73. The van der Waals surface area contributed by atoms with Crippen LogP contribution in [0.2, 0.25) is 0 Å². The summed E-state index contributed by atoms with van der Waals surface area (Å²) in [5.41, 5.74) is 13.2. The molecule has 0 radical (unpaired) electrons. The summed E-state index contributed by atoms with van der Waals surface area (Å²) >= 11 is 1.03. The summed E-state index contributed by atoms with van der Waals surface area (Å²) in [6, 6.07) is 2.97. The minimum atomic E-state index is -4.98. The predicted octanol–water partition coefficient (Wildman–Crippen LogP) is -1.29. The number of nitrogens with one attached hydrogen (secondary N) is 3. The van der Waals surface area contributed by atoms with Crippen molar-refractivity contribution in [1.29, 1.82) is 5.41 Å². The smallest absolute Gasteiger partial charge is 0.410 e. The number of hydrogen-bond donors (Lipinski definition) is 6. The van der Waals surface area contributed by atoms with Crippen molar-refractivity contribution in [3.63, 3.8) is 0 Å². The van der Waals surface area contributed by atoms with Crippen molar-refractivity contribution >= 4 is 56.4 Å². The number of fused-ring (bicyclic) bond motifs is 1. The number of guanidine groups is 1. The summed E-state index contributed by atoms with van der Waals surface area (Å²) in [7, 11) is -4.98. The Morgan fingerprint density at radius 1 is 1.25 bits per heavy atom. The quantitative estimate of drug-likeness (QED) is 0.0333. The average molecular weight is 709 g/mol. The van der Waals surface area contributed by atoms with Gasteiger partial charge in [0.2, 0.25) is 0 Å². The van der Waals surface area contributed by atoms with E-state index in [9.17, 15) is 27.4 Å². The number of ether oxygens (including phenoxy) is 2. The first-order valence-corrected chi connectivity index (χ1v) is 17.2. The van der Waals surface area contributed by atoms with Gasteiger partial charge in [-0.1, -0.05) is 11.2 Å². The fourth-order valence-corrected chi connectivity index (χ4v) is 6.73. The van der Waals surface area contributed by atoms with Crippen LogP contribution in [0.3, 0.4) is 0 Å². The fraction of sp³-hybridized carbons (Fsp3) is 0.481. The summed E-state index contributed by atoms with van der Waals surface area (Å²) in [5.74, 6) is -1.07. The van der Waals surface area contributed by atoms with Crippen molar-refractivity contribution in [3.05, 3.63) is 40.4 Å². The largest absolute Gasteiger partial charge is 0.490 e. The second-order valence-electron chi connectivity index (χ2n) is 10.9. The molecule has 2 fully saturated rings. The Labute approximate surface area is 279 Å². The van der Waals surface area contributed by atoms with Crippen LogP contribution in [-0.4, -0.2) is 126 Å². The highest BCUT2D eigenvalue weighted by Crippen LogP contribution is 2.26. The van der Waals surface area contributed by atoms with Gasteiger partial charge in [0.1, 0.15) is 30.7 Å². The van der Waals surface area contributed by atoms with Gasteiger partial charge in [0.15, 0.2) is 23.4 Å². The minimum absolute atomic E-state index is 0.0420. The molecule has 2 aromatic rings. The highest BCUT2D eigenvalue weighted by molar-refractivity contribution is 7.84. The predicted molar refractivity (Wildman–Crippen MR) is 172 cm³/mol. The standard InChI is InChI=1S/C27H36N10O9S2/c28-5-1-6-31-25(29)35-7-4-16-12-18(3-2-17(16)13-35)44-10-11-46-34-21(19-15-47-26(30)32-19)23(38)33-22-20(14-36-8-9-45-27(36)40)37(24(22)39)48(41,42)43/h2-3,12,15,20,22H,1,4-11,13-14,28H2,(H2,29,31)(H2,30,32)(H,33,38)(H,41,42,43)/b34-21-/t20-,22+/m1/s1. The molecule has 260 valence electrons. The second-order valence-corrected chi connectivity index (χ2v) is 13.1. The first-order chi connectivity index (χ1) is 23.0. The lowest BCUT2D eigenvalue weighted by Gasteiger charge is -2.45. The highest BCUT2D eigenvalue weighted by atomic mass is 32.2. The van der Waals surface area contributed by atoms with Gasteiger partial charge in [-0.3, -0.25) is 19.6 Å². The minimum Gasteiger partial charge on any atom is -0.490 e. The Morgan fingerprint density at radius 3 is 2.75 bits per heavy atom. The molecule has 3 aliphatic heterocycles. The summed E-state index contributed by atoms with van der Waals surface area (Å²) in [5, 5.41) is 19.2. The molecule has 0 spiro atoms. The van der Waals surface area contributed by atoms with Crippen molar-refractivity contribution in [2.45, 2.75) is 31.5 Å². The Bertz CT molecular complexity index is 1690. The zero-order chi connectivity index (χ0) is 34.4. The molecular formula is C27H36N10O9S2. The van der Waals surface area contributed by atoms with E-state index in [1.165, 1.54) is 5.38 Å². The number of carbonyl (C=O) groups excluding carboxylic acids is 3. The molecule has 0 saturated carbocycles. The fourth-order valence-electron chi connectivity index (χ4n) is 5.31. The third-order valence-electron chi connectivity index (χ3n) is 7.72. The lowest BCUT2D eigenvalue weighted by atomic mass is 9.97. The SMILES string of the molecule is N=C(NCCCN)N1CCc2cc(OCCO/N=C(\C(=O)N[C@@H]3C(=O)N(S(=O)(=O)O)[C@@H]3CN3CCOC3=O)c3csc(N)n3)ccc2C1. The Kier molecular flexibility index (Phi) is 10.8. The van der Waals surface area contributed by atoms with E-state index in [4.69, 9.17) is 31.2 Å². The van der Waals surface area contributed by atoms with E-state index < -0.39 is 40.3 Å². The highest BCUT2D eigenvalue weighted by Gasteiger charge is 2.55. The number of aromatic nitrogens is 1. The van der Waals surface area contributed by atoms with Gasteiger partial charge < -0.3 is 46.2 Å². The van der Waals surface area contributed by atoms with E-state index in [2.05, 4.69) is 20.8 Å². The van der Waals surface area contributed by atoms with Crippen molar-refractivity contribution < 1.29 is 41.7 Å². The molecule has 2 atom stereocenters. The van der Waals surface area contributed by atoms with Crippen LogP contribution in [0.5, 0.6) is 5.75 Å². The molecule has 48 heavy (non-hydrogen) atoms. The van der Waals surface area contributed by atoms with Crippen LogP contribution < -0.4 is 26.8 Å². The lowest BCUT2D eigenvalue weighted by Crippen LogP contribution is -2.74. The number of oxime groups is 1. The second kappa shape index (κ2) is 15.0. The Morgan fingerprint density at radius 2 is 2.06 bits per heavy atom. The van der Waals surface area contributed by atoms with Crippen LogP contribution in [0.25, 0.3) is 0 Å². The summed E-state index contributed by atoms with van der Waals surface area (Å²) in [6.45, 7) is 2.35. The lowest BCUT2D eigenvalue weighted by molar-refractivity contribution is -0.145. The molecule has 2 saturated heterocycles. The van der Waals surface area contributed by atoms with E-state index in [0.29, 0.717) is 37.9 Å². The van der Waals surface area contributed by atoms with Gasteiger partial charge >= 0.3 is 16.4 Å². The molecule has 5 rings (SSSR count). The number of anilines is 1. The number of nitrogens with two attached hydrogens (primary N) is 2. The molecule has 3 amide bonds. The van der Waals surface area contributed by atoms with Gasteiger partial charge in [0.05, 0.1) is 12.6 Å². The molecular weight excluding hydrogens is 672 g/mol. The number of benzene rings is 1. The maximum absolute atomic E-state index is 13.3. The van der Waals surface area contributed by atoms with E-state index in [1.807, 2.05) is 23.1 Å². The van der Waals surface area contributed by atoms with Crippen LogP contribution >= 0.6 is 11.3 Å². The molecule has 3 aliphatic rings. The molecule has 1 aromatic heterocycles. The van der Waals surface area contributed by atoms with E-state index in [-0.39, 0.29) is 53.8 Å². The van der Waals surface area contributed by atoms with Gasteiger partial charge in [0, 0.05) is 31.6 Å². The molecule has 4 heterocycles. The Balaban J connectivity index is 1.18. The van der Waals surface area contributed by atoms with Crippen LogP contribution in [0, 0.1) is 5.41 Å². The number of nitrogen functional groups attached to an aromatic ring is 1. The molecule has 0 aliphatic carbocycles. The van der Waals surface area contributed by atoms with Crippen LogP contribution in [0.15, 0.2) is 28.7 Å². The van der Waals surface area contributed by atoms with Crippen molar-refractivity contribution in [3.8, 4) is 5.75 Å². The number of cyclic esters (lactones) is 1. The third-order valence-corrected chi connectivity index (χ3v) is 9.34. The maximum atomic E-state index is 13.3. The van der Waals surface area contributed by atoms with Crippen LogP contribution in [0.1, 0.15) is 23.2 Å². The molecule has 1 aromatic carbocycles. The topological polar surface area (TPSA) is 268 Å². The first-order valence-electron chi connectivity index (χ1n) is 14.9. The molecule has 8 N–H and O–H groups in total. The number of thiazole rings is 1. The van der Waals surface area contributed by atoms with E-state index >= 15 is 0 Å². The molecule has 19 nitrogen and oxygen atoms in total. The van der Waals surface area contributed by atoms with Gasteiger partial charge in [-0.25, -0.2) is 14.1 Å². The summed E-state index contributed by atoms with van der Waals surface area (Å²) in [4.78, 5) is 50.5. The van der Waals surface area contributed by atoms with Crippen molar-refractivity contribution in [1.82, 2.24) is 29.7 Å². The molecule has 0 unspecified atom stereocenters. The van der Waals surface area contributed by atoms with E-state index in [1.54, 1.807) is 0 Å². The first kappa shape index (κ1) is 34.6. The van der Waals surface area contributed by atoms with E-state index in [0.717, 1.165) is 40.2 Å². The number of carbonyl (C=O) groups is 3. The van der Waals surface area contributed by atoms with Crippen LogP contribution in [-0.2, 0) is 42.4 Å². The zero-order valence-corrected chi connectivity index (χ0v) is 27.3. The maximum Gasteiger partial charge on any atom is 0.410 e. The number of rotatable bonds is 14. The van der Waals surface area contributed by atoms with Gasteiger partial charge in [-0.05, 0) is 42.6 Å². The number of nitrogens with zero attached hydrogens (tertiary/aromatic N) is 5. The van der Waals surface area contributed by atoms with Gasteiger partial charge in [-0.2, -0.15) is 8.42 Å². The summed E-state index contributed by atoms with van der Waals surface area (Å²) in [6.07, 6.45) is 0.797.